The quantitative estimate of drug-likeness (QED) is 0.696. The van der Waals surface area contributed by atoms with Gasteiger partial charge in [0.15, 0.2) is 0 Å². The third-order valence-corrected chi connectivity index (χ3v) is 4.45. The van der Waals surface area contributed by atoms with Crippen molar-refractivity contribution in [2.75, 3.05) is 10.6 Å². The van der Waals surface area contributed by atoms with E-state index in [9.17, 15) is 14.4 Å². The highest BCUT2D eigenvalue weighted by Gasteiger charge is 2.28. The second kappa shape index (κ2) is 7.13. The minimum absolute atomic E-state index is 0.127. The van der Waals surface area contributed by atoms with E-state index in [1.54, 1.807) is 36.4 Å². The third kappa shape index (κ3) is 3.92. The van der Waals surface area contributed by atoms with Gasteiger partial charge in [0.2, 0.25) is 5.78 Å². The highest BCUT2D eigenvalue weighted by molar-refractivity contribution is 6.42. The summed E-state index contributed by atoms with van der Waals surface area (Å²) >= 11 is 11.8. The van der Waals surface area contributed by atoms with E-state index in [1.807, 2.05) is 0 Å². The van der Waals surface area contributed by atoms with E-state index in [-0.39, 0.29) is 6.42 Å². The zero-order valence-corrected chi connectivity index (χ0v) is 14.3. The molecule has 3 rings (SSSR count). The molecule has 1 aliphatic heterocycles. The van der Waals surface area contributed by atoms with Gasteiger partial charge in [-0.2, -0.15) is 0 Å². The first-order valence-electron chi connectivity index (χ1n) is 7.39. The second-order valence-electron chi connectivity index (χ2n) is 5.45. The van der Waals surface area contributed by atoms with Crippen molar-refractivity contribution in [2.24, 2.45) is 0 Å². The fourth-order valence-electron chi connectivity index (χ4n) is 2.52. The molecule has 3 N–H and O–H groups in total. The van der Waals surface area contributed by atoms with Crippen molar-refractivity contribution in [3.05, 3.63) is 58.1 Å². The van der Waals surface area contributed by atoms with Crippen LogP contribution >= 0.6 is 23.2 Å². The zero-order valence-electron chi connectivity index (χ0n) is 12.8. The number of hydrogen-bond acceptors (Lipinski definition) is 3. The highest BCUT2D eigenvalue weighted by atomic mass is 35.5. The molecular formula is C17H13Cl2N3O3. The molecule has 1 atom stereocenters. The molecular weight excluding hydrogens is 365 g/mol. The topological polar surface area (TPSA) is 87.3 Å². The smallest absolute Gasteiger partial charge is 0.319 e. The highest BCUT2D eigenvalue weighted by Crippen LogP contribution is 2.29. The number of hydrogen-bond donors (Lipinski definition) is 3. The lowest BCUT2D eigenvalue weighted by atomic mass is 10.0. The SMILES string of the molecule is O=C(Nc1ccc(Cl)c(Cl)c1)NC1CC(=O)C(=O)Nc2ccccc21. The molecule has 1 heterocycles. The van der Waals surface area contributed by atoms with Gasteiger partial charge < -0.3 is 16.0 Å². The number of Topliss-reactive ketones (excluding diaryl/α,β-unsaturated/α-hetero) is 1. The van der Waals surface area contributed by atoms with Gasteiger partial charge in [0.1, 0.15) is 0 Å². The molecule has 0 aromatic heterocycles. The largest absolute Gasteiger partial charge is 0.331 e. The maximum absolute atomic E-state index is 12.3. The number of urea groups is 1. The van der Waals surface area contributed by atoms with Crippen LogP contribution in [0.5, 0.6) is 0 Å². The third-order valence-electron chi connectivity index (χ3n) is 3.71. The Morgan fingerprint density at radius 1 is 1.08 bits per heavy atom. The van der Waals surface area contributed by atoms with Gasteiger partial charge in [0.25, 0.3) is 5.91 Å². The Kier molecular flexibility index (Phi) is 4.92. The van der Waals surface area contributed by atoms with E-state index in [1.165, 1.54) is 6.07 Å². The minimum atomic E-state index is -0.693. The molecule has 0 fully saturated rings. The predicted molar refractivity (Wildman–Crippen MR) is 96.1 cm³/mol. The van der Waals surface area contributed by atoms with E-state index in [0.29, 0.717) is 27.0 Å². The summed E-state index contributed by atoms with van der Waals surface area (Å²) in [5, 5.41) is 8.57. The van der Waals surface area contributed by atoms with Crippen LogP contribution in [0.1, 0.15) is 18.0 Å². The molecule has 3 amide bonds. The number of ketones is 1. The Bertz CT molecular complexity index is 870. The van der Waals surface area contributed by atoms with Crippen LogP contribution in [0.15, 0.2) is 42.5 Å². The minimum Gasteiger partial charge on any atom is -0.331 e. The number of halogens is 2. The second-order valence-corrected chi connectivity index (χ2v) is 6.26. The fraction of sp³-hybridized carbons (Fsp3) is 0.118. The summed E-state index contributed by atoms with van der Waals surface area (Å²) in [6.45, 7) is 0. The summed E-state index contributed by atoms with van der Waals surface area (Å²) in [7, 11) is 0. The molecule has 0 radical (unpaired) electrons. The van der Waals surface area contributed by atoms with Gasteiger partial charge in [-0.15, -0.1) is 0 Å². The van der Waals surface area contributed by atoms with Gasteiger partial charge in [-0.25, -0.2) is 4.79 Å². The predicted octanol–water partition coefficient (Wildman–Crippen LogP) is 3.77. The van der Waals surface area contributed by atoms with Crippen LogP contribution in [0.3, 0.4) is 0 Å². The number of para-hydroxylation sites is 1. The first-order chi connectivity index (χ1) is 11.9. The van der Waals surface area contributed by atoms with Gasteiger partial charge >= 0.3 is 6.03 Å². The normalized spacial score (nSPS) is 16.5. The summed E-state index contributed by atoms with van der Waals surface area (Å²) in [4.78, 5) is 35.9. The molecule has 0 aliphatic carbocycles. The Hall–Kier alpha value is -2.57. The molecule has 0 spiro atoms. The van der Waals surface area contributed by atoms with Crippen LogP contribution in [-0.4, -0.2) is 17.7 Å². The van der Waals surface area contributed by atoms with E-state index < -0.39 is 23.8 Å². The number of carbonyl (C=O) groups is 3. The molecule has 6 nitrogen and oxygen atoms in total. The molecule has 2 aromatic carbocycles. The van der Waals surface area contributed by atoms with Crippen molar-refractivity contribution in [3.63, 3.8) is 0 Å². The summed E-state index contributed by atoms with van der Waals surface area (Å²) in [6, 6.07) is 10.5. The van der Waals surface area contributed by atoms with Gasteiger partial charge in [0.05, 0.1) is 16.1 Å². The molecule has 8 heteroatoms. The Labute approximate surface area is 153 Å². The van der Waals surface area contributed by atoms with Gasteiger partial charge in [-0.1, -0.05) is 41.4 Å². The summed E-state index contributed by atoms with van der Waals surface area (Å²) < 4.78 is 0. The van der Waals surface area contributed by atoms with Crippen LogP contribution < -0.4 is 16.0 Å². The van der Waals surface area contributed by atoms with Crippen molar-refractivity contribution in [3.8, 4) is 0 Å². The number of benzene rings is 2. The molecule has 2 aromatic rings. The maximum Gasteiger partial charge on any atom is 0.319 e. The average Bonchev–Trinajstić information content (AvgIpc) is 2.68. The summed E-state index contributed by atoms with van der Waals surface area (Å²) in [5.41, 5.74) is 1.61. The van der Waals surface area contributed by atoms with Crippen LogP contribution in [0.2, 0.25) is 10.0 Å². The van der Waals surface area contributed by atoms with Crippen molar-refractivity contribution in [1.29, 1.82) is 0 Å². The Morgan fingerprint density at radius 2 is 1.84 bits per heavy atom. The monoisotopic (exact) mass is 377 g/mol. The summed E-state index contributed by atoms with van der Waals surface area (Å²) in [5.74, 6) is -1.29. The maximum atomic E-state index is 12.3. The molecule has 25 heavy (non-hydrogen) atoms. The summed E-state index contributed by atoms with van der Waals surface area (Å²) in [6.07, 6.45) is -0.127. The molecule has 1 aliphatic rings. The zero-order chi connectivity index (χ0) is 18.0. The fourth-order valence-corrected chi connectivity index (χ4v) is 2.82. The van der Waals surface area contributed by atoms with Crippen LogP contribution in [0.4, 0.5) is 16.2 Å². The number of amides is 3. The molecule has 0 saturated heterocycles. The van der Waals surface area contributed by atoms with Crippen LogP contribution in [-0.2, 0) is 9.59 Å². The number of anilines is 2. The lowest BCUT2D eigenvalue weighted by molar-refractivity contribution is -0.134. The van der Waals surface area contributed by atoms with E-state index in [2.05, 4.69) is 16.0 Å². The lowest BCUT2D eigenvalue weighted by Crippen LogP contribution is -2.34. The van der Waals surface area contributed by atoms with E-state index in [4.69, 9.17) is 23.2 Å². The van der Waals surface area contributed by atoms with Gasteiger partial charge in [0, 0.05) is 17.8 Å². The molecule has 1 unspecified atom stereocenters. The number of nitrogens with one attached hydrogen (secondary N) is 3. The Balaban J connectivity index is 1.78. The lowest BCUT2D eigenvalue weighted by Gasteiger charge is -2.18. The van der Waals surface area contributed by atoms with Crippen molar-refractivity contribution < 1.29 is 14.4 Å². The van der Waals surface area contributed by atoms with Gasteiger partial charge in [-0.05, 0) is 29.8 Å². The number of carbonyl (C=O) groups excluding carboxylic acids is 3. The van der Waals surface area contributed by atoms with Crippen molar-refractivity contribution in [1.82, 2.24) is 5.32 Å². The molecule has 128 valence electrons. The molecule has 0 saturated carbocycles. The number of rotatable bonds is 2. The van der Waals surface area contributed by atoms with Crippen LogP contribution in [0, 0.1) is 0 Å². The Morgan fingerprint density at radius 3 is 2.60 bits per heavy atom. The van der Waals surface area contributed by atoms with Crippen LogP contribution in [0.25, 0.3) is 0 Å². The van der Waals surface area contributed by atoms with E-state index >= 15 is 0 Å². The average molecular weight is 378 g/mol. The van der Waals surface area contributed by atoms with Gasteiger partial charge in [-0.3, -0.25) is 9.59 Å². The molecule has 0 bridgehead atoms. The first kappa shape index (κ1) is 17.3. The number of fused-ring (bicyclic) bond motifs is 1. The standard InChI is InChI=1S/C17H13Cl2N3O3/c18-11-6-5-9(7-12(11)19)20-17(25)22-14-8-15(23)16(24)21-13-4-2-1-3-10(13)14/h1-7,14H,8H2,(H,21,24)(H2,20,22,25). The van der Waals surface area contributed by atoms with Crippen molar-refractivity contribution >= 4 is 52.3 Å². The van der Waals surface area contributed by atoms with E-state index in [0.717, 1.165) is 0 Å². The van der Waals surface area contributed by atoms with Crippen molar-refractivity contribution in [2.45, 2.75) is 12.5 Å². The first-order valence-corrected chi connectivity index (χ1v) is 8.15.